The molecule has 0 bridgehead atoms. The summed E-state index contributed by atoms with van der Waals surface area (Å²) in [7, 11) is 0. The number of carbonyl (C=O) groups is 1. The van der Waals surface area contributed by atoms with Gasteiger partial charge in [0.25, 0.3) is 0 Å². The van der Waals surface area contributed by atoms with Crippen molar-refractivity contribution in [3.05, 3.63) is 71.3 Å². The maximum atomic E-state index is 12.2. The van der Waals surface area contributed by atoms with E-state index >= 15 is 0 Å². The van der Waals surface area contributed by atoms with Gasteiger partial charge in [0.2, 0.25) is 5.91 Å². The van der Waals surface area contributed by atoms with Gasteiger partial charge in [0.15, 0.2) is 0 Å². The molecule has 0 radical (unpaired) electrons. The lowest BCUT2D eigenvalue weighted by atomic mass is 10.0. The molecule has 1 atom stereocenters. The zero-order chi connectivity index (χ0) is 15.1. The molecule has 110 valence electrons. The Morgan fingerprint density at radius 1 is 1.05 bits per heavy atom. The van der Waals surface area contributed by atoms with Gasteiger partial charge in [-0.25, -0.2) is 0 Å². The van der Waals surface area contributed by atoms with Crippen LogP contribution >= 0.6 is 0 Å². The SMILES string of the molecule is CCC(NC(=O)Cc1ccc(CN)cc1)c1ccccc1. The van der Waals surface area contributed by atoms with Gasteiger partial charge in [-0.1, -0.05) is 61.5 Å². The Morgan fingerprint density at radius 2 is 1.67 bits per heavy atom. The highest BCUT2D eigenvalue weighted by molar-refractivity contribution is 5.79. The normalized spacial score (nSPS) is 11.9. The number of nitrogens with one attached hydrogen (secondary N) is 1. The largest absolute Gasteiger partial charge is 0.349 e. The fourth-order valence-electron chi connectivity index (χ4n) is 2.33. The van der Waals surface area contributed by atoms with Crippen LogP contribution in [-0.4, -0.2) is 5.91 Å². The minimum absolute atomic E-state index is 0.0474. The molecule has 0 heterocycles. The fraction of sp³-hybridized carbons (Fsp3) is 0.278. The van der Waals surface area contributed by atoms with Crippen molar-refractivity contribution in [3.63, 3.8) is 0 Å². The molecule has 0 aliphatic heterocycles. The predicted octanol–water partition coefficient (Wildman–Crippen LogP) is 2.96. The first-order valence-electron chi connectivity index (χ1n) is 7.35. The van der Waals surface area contributed by atoms with Gasteiger partial charge >= 0.3 is 0 Å². The third-order valence-electron chi connectivity index (χ3n) is 3.57. The van der Waals surface area contributed by atoms with Gasteiger partial charge in [-0.15, -0.1) is 0 Å². The fourth-order valence-corrected chi connectivity index (χ4v) is 2.33. The zero-order valence-corrected chi connectivity index (χ0v) is 12.4. The number of carbonyl (C=O) groups excluding carboxylic acids is 1. The molecule has 1 amide bonds. The van der Waals surface area contributed by atoms with Crippen LogP contribution in [0.25, 0.3) is 0 Å². The summed E-state index contributed by atoms with van der Waals surface area (Å²) in [4.78, 5) is 12.2. The van der Waals surface area contributed by atoms with Crippen LogP contribution in [0.4, 0.5) is 0 Å². The average molecular weight is 282 g/mol. The molecule has 3 nitrogen and oxygen atoms in total. The molecule has 0 aliphatic carbocycles. The van der Waals surface area contributed by atoms with Crippen molar-refractivity contribution in [3.8, 4) is 0 Å². The second-order valence-corrected chi connectivity index (χ2v) is 5.14. The monoisotopic (exact) mass is 282 g/mol. The van der Waals surface area contributed by atoms with Crippen molar-refractivity contribution >= 4 is 5.91 Å². The van der Waals surface area contributed by atoms with Crippen LogP contribution in [0.3, 0.4) is 0 Å². The summed E-state index contributed by atoms with van der Waals surface area (Å²) >= 11 is 0. The van der Waals surface area contributed by atoms with Crippen LogP contribution in [0.15, 0.2) is 54.6 Å². The molecule has 3 N–H and O–H groups in total. The third kappa shape index (κ3) is 4.43. The second-order valence-electron chi connectivity index (χ2n) is 5.14. The molecule has 0 spiro atoms. The lowest BCUT2D eigenvalue weighted by molar-refractivity contribution is -0.121. The molecule has 1 unspecified atom stereocenters. The van der Waals surface area contributed by atoms with E-state index in [1.165, 1.54) is 0 Å². The van der Waals surface area contributed by atoms with Crippen LogP contribution in [0, 0.1) is 0 Å². The number of nitrogens with two attached hydrogens (primary N) is 1. The van der Waals surface area contributed by atoms with Crippen molar-refractivity contribution in [2.45, 2.75) is 32.4 Å². The Bertz CT molecular complexity index is 564. The van der Waals surface area contributed by atoms with E-state index in [0.717, 1.165) is 23.1 Å². The van der Waals surface area contributed by atoms with Gasteiger partial charge < -0.3 is 11.1 Å². The van der Waals surface area contributed by atoms with Gasteiger partial charge in [-0.05, 0) is 23.1 Å². The zero-order valence-electron chi connectivity index (χ0n) is 12.4. The van der Waals surface area contributed by atoms with Gasteiger partial charge in [-0.3, -0.25) is 4.79 Å². The van der Waals surface area contributed by atoms with Gasteiger partial charge in [0.1, 0.15) is 0 Å². The first-order chi connectivity index (χ1) is 10.2. The minimum atomic E-state index is 0.0474. The van der Waals surface area contributed by atoms with Crippen LogP contribution in [-0.2, 0) is 17.8 Å². The molecule has 2 rings (SSSR count). The quantitative estimate of drug-likeness (QED) is 0.856. The lowest BCUT2D eigenvalue weighted by Crippen LogP contribution is -2.29. The highest BCUT2D eigenvalue weighted by atomic mass is 16.1. The van der Waals surface area contributed by atoms with E-state index in [1.807, 2.05) is 54.6 Å². The number of benzene rings is 2. The summed E-state index contributed by atoms with van der Waals surface area (Å²) in [5, 5.41) is 3.10. The predicted molar refractivity (Wildman–Crippen MR) is 85.7 cm³/mol. The summed E-state index contributed by atoms with van der Waals surface area (Å²) in [5.74, 6) is 0.0474. The maximum absolute atomic E-state index is 12.2. The Labute approximate surface area is 126 Å². The van der Waals surface area contributed by atoms with Crippen molar-refractivity contribution in [1.82, 2.24) is 5.32 Å². The first kappa shape index (κ1) is 15.3. The van der Waals surface area contributed by atoms with E-state index < -0.39 is 0 Å². The Balaban J connectivity index is 1.96. The standard InChI is InChI=1S/C18H22N2O/c1-2-17(16-6-4-3-5-7-16)20-18(21)12-14-8-10-15(13-19)11-9-14/h3-11,17H,2,12-13,19H2,1H3,(H,20,21). The molecule has 0 fully saturated rings. The van der Waals surface area contributed by atoms with Crippen molar-refractivity contribution in [2.24, 2.45) is 5.73 Å². The van der Waals surface area contributed by atoms with Crippen molar-refractivity contribution in [1.29, 1.82) is 0 Å². The molecule has 3 heteroatoms. The molecule has 0 aromatic heterocycles. The summed E-state index contributed by atoms with van der Waals surface area (Å²) in [6.07, 6.45) is 1.27. The Hall–Kier alpha value is -2.13. The molecule has 0 saturated carbocycles. The van der Waals surface area contributed by atoms with Gasteiger partial charge in [0.05, 0.1) is 12.5 Å². The van der Waals surface area contributed by atoms with Crippen LogP contribution in [0.2, 0.25) is 0 Å². The smallest absolute Gasteiger partial charge is 0.224 e. The van der Waals surface area contributed by atoms with E-state index in [1.54, 1.807) is 0 Å². The average Bonchev–Trinajstić information content (AvgIpc) is 2.54. The molecule has 21 heavy (non-hydrogen) atoms. The molecular formula is C18H22N2O. The summed E-state index contributed by atoms with van der Waals surface area (Å²) in [5.41, 5.74) is 8.80. The van der Waals surface area contributed by atoms with E-state index in [4.69, 9.17) is 5.73 Å². The van der Waals surface area contributed by atoms with E-state index in [2.05, 4.69) is 12.2 Å². The first-order valence-corrected chi connectivity index (χ1v) is 7.35. The Morgan fingerprint density at radius 3 is 2.24 bits per heavy atom. The minimum Gasteiger partial charge on any atom is -0.349 e. The number of amides is 1. The Kier molecular flexibility index (Phi) is 5.52. The molecule has 0 aliphatic rings. The molecular weight excluding hydrogens is 260 g/mol. The highest BCUT2D eigenvalue weighted by Gasteiger charge is 2.12. The molecule has 2 aromatic rings. The summed E-state index contributed by atoms with van der Waals surface area (Å²) < 4.78 is 0. The summed E-state index contributed by atoms with van der Waals surface area (Å²) in [6.45, 7) is 2.60. The topological polar surface area (TPSA) is 55.1 Å². The molecule has 0 saturated heterocycles. The van der Waals surface area contributed by atoms with E-state index in [9.17, 15) is 4.79 Å². The van der Waals surface area contributed by atoms with Crippen LogP contribution in [0.5, 0.6) is 0 Å². The van der Waals surface area contributed by atoms with Crippen molar-refractivity contribution < 1.29 is 4.79 Å². The molecule has 2 aromatic carbocycles. The number of rotatable bonds is 6. The van der Waals surface area contributed by atoms with E-state index in [-0.39, 0.29) is 11.9 Å². The number of hydrogen-bond acceptors (Lipinski definition) is 2. The third-order valence-corrected chi connectivity index (χ3v) is 3.57. The van der Waals surface area contributed by atoms with Crippen LogP contribution in [0.1, 0.15) is 36.1 Å². The van der Waals surface area contributed by atoms with Gasteiger partial charge in [0, 0.05) is 6.54 Å². The van der Waals surface area contributed by atoms with Gasteiger partial charge in [-0.2, -0.15) is 0 Å². The van der Waals surface area contributed by atoms with Crippen LogP contribution < -0.4 is 11.1 Å². The number of hydrogen-bond donors (Lipinski definition) is 2. The van der Waals surface area contributed by atoms with Crippen molar-refractivity contribution in [2.75, 3.05) is 0 Å². The van der Waals surface area contributed by atoms with E-state index in [0.29, 0.717) is 13.0 Å². The summed E-state index contributed by atoms with van der Waals surface area (Å²) in [6, 6.07) is 18.0. The maximum Gasteiger partial charge on any atom is 0.224 e. The second kappa shape index (κ2) is 7.60. The lowest BCUT2D eigenvalue weighted by Gasteiger charge is -2.17. The highest BCUT2D eigenvalue weighted by Crippen LogP contribution is 2.16.